The summed E-state index contributed by atoms with van der Waals surface area (Å²) in [6.07, 6.45) is 4.02. The molecule has 2 heterocycles. The van der Waals surface area contributed by atoms with E-state index in [1.54, 1.807) is 0 Å². The number of hydrogen-bond donors (Lipinski definition) is 2. The highest BCUT2D eigenvalue weighted by molar-refractivity contribution is 5.20. The molecule has 0 amide bonds. The molecule has 0 saturated carbocycles. The van der Waals surface area contributed by atoms with Crippen molar-refractivity contribution in [1.82, 2.24) is 10.6 Å². The molecular formula is C15H18N4. The van der Waals surface area contributed by atoms with E-state index < -0.39 is 0 Å². The van der Waals surface area contributed by atoms with Crippen molar-refractivity contribution in [2.45, 2.75) is 12.2 Å². The first-order chi connectivity index (χ1) is 9.42. The fourth-order valence-electron chi connectivity index (χ4n) is 2.28. The van der Waals surface area contributed by atoms with Crippen LogP contribution in [0.2, 0.25) is 0 Å². The summed E-state index contributed by atoms with van der Waals surface area (Å²) in [7, 11) is 0. The predicted molar refractivity (Wildman–Crippen MR) is 74.4 cm³/mol. The highest BCUT2D eigenvalue weighted by atomic mass is 15.5. The highest BCUT2D eigenvalue weighted by Gasteiger charge is 2.17. The van der Waals surface area contributed by atoms with E-state index in [9.17, 15) is 0 Å². The van der Waals surface area contributed by atoms with Gasteiger partial charge in [-0.2, -0.15) is 0 Å². The van der Waals surface area contributed by atoms with E-state index in [1.807, 2.05) is 41.3 Å². The maximum atomic E-state index is 4.59. The lowest BCUT2D eigenvalue weighted by Gasteiger charge is -2.36. The van der Waals surface area contributed by atoms with E-state index >= 15 is 0 Å². The molecule has 1 aromatic carbocycles. The lowest BCUT2D eigenvalue weighted by atomic mass is 10.1. The van der Waals surface area contributed by atoms with Crippen LogP contribution in [0.4, 0.5) is 0 Å². The van der Waals surface area contributed by atoms with Crippen LogP contribution in [-0.4, -0.2) is 19.3 Å². The second-order valence-corrected chi connectivity index (χ2v) is 4.67. The summed E-state index contributed by atoms with van der Waals surface area (Å²) in [6, 6.07) is 16.8. The molecule has 1 fully saturated rings. The molecule has 4 nitrogen and oxygen atoms in total. The third-order valence-corrected chi connectivity index (χ3v) is 3.29. The topological polar surface area (TPSA) is 42.0 Å². The second kappa shape index (κ2) is 5.82. The lowest BCUT2D eigenvalue weighted by Crippen LogP contribution is -2.53. The van der Waals surface area contributed by atoms with Crippen LogP contribution in [0.5, 0.6) is 0 Å². The van der Waals surface area contributed by atoms with Crippen molar-refractivity contribution < 1.29 is 4.68 Å². The molecule has 2 unspecified atom stereocenters. The molecule has 2 atom stereocenters. The van der Waals surface area contributed by atoms with Crippen LogP contribution in [0.3, 0.4) is 0 Å². The quantitative estimate of drug-likeness (QED) is 0.812. The first kappa shape index (κ1) is 12.1. The van der Waals surface area contributed by atoms with Gasteiger partial charge in [-0.15, -0.1) is 0 Å². The third kappa shape index (κ3) is 3.10. The van der Waals surface area contributed by atoms with Crippen molar-refractivity contribution in [3.05, 3.63) is 71.9 Å². The molecular weight excluding hydrogens is 236 g/mol. The number of benzene rings is 1. The summed E-state index contributed by atoms with van der Waals surface area (Å²) < 4.78 is 1.85. The Morgan fingerprint density at radius 2 is 1.63 bits per heavy atom. The number of nitrogens with one attached hydrogen (secondary N) is 2. The molecule has 2 N–H and O–H groups in total. The Morgan fingerprint density at radius 3 is 2.32 bits per heavy atom. The molecule has 0 aliphatic carbocycles. The molecule has 4 heteroatoms. The number of rotatable bonds is 3. The fraction of sp³-hybridized carbons (Fsp3) is 0.267. The van der Waals surface area contributed by atoms with Gasteiger partial charge in [-0.25, -0.2) is 4.68 Å². The Balaban J connectivity index is 1.55. The molecule has 1 aliphatic heterocycles. The second-order valence-electron chi connectivity index (χ2n) is 4.67. The number of hydrogen-bond acceptors (Lipinski definition) is 2. The normalized spacial score (nSPS) is 22.9. The van der Waals surface area contributed by atoms with Crippen molar-refractivity contribution in [1.29, 1.82) is 0 Å². The van der Waals surface area contributed by atoms with Gasteiger partial charge in [0.15, 0.2) is 12.4 Å². The average molecular weight is 254 g/mol. The van der Waals surface area contributed by atoms with Crippen molar-refractivity contribution in [3.63, 3.8) is 0 Å². The SMILES string of the molecule is c1ccc(C2CNC([N-][n+]3ccccc3)CN2)cc1. The molecule has 3 rings (SSSR count). The molecule has 0 bridgehead atoms. The zero-order chi connectivity index (χ0) is 12.9. The molecule has 1 aliphatic rings. The maximum Gasteiger partial charge on any atom is 0.164 e. The van der Waals surface area contributed by atoms with Gasteiger partial charge in [-0.1, -0.05) is 36.4 Å². The van der Waals surface area contributed by atoms with Crippen molar-refractivity contribution in [3.8, 4) is 0 Å². The van der Waals surface area contributed by atoms with Crippen LogP contribution in [0, 0.1) is 0 Å². The first-order valence-corrected chi connectivity index (χ1v) is 6.61. The van der Waals surface area contributed by atoms with E-state index in [-0.39, 0.29) is 6.17 Å². The first-order valence-electron chi connectivity index (χ1n) is 6.61. The zero-order valence-electron chi connectivity index (χ0n) is 10.7. The minimum Gasteiger partial charge on any atom is -0.416 e. The third-order valence-electron chi connectivity index (χ3n) is 3.29. The minimum absolute atomic E-state index is 0.118. The highest BCUT2D eigenvalue weighted by Crippen LogP contribution is 2.14. The van der Waals surface area contributed by atoms with Gasteiger partial charge in [0.1, 0.15) is 0 Å². The predicted octanol–water partition coefficient (Wildman–Crippen LogP) is 1.37. The lowest BCUT2D eigenvalue weighted by molar-refractivity contribution is -0.628. The number of pyridine rings is 1. The van der Waals surface area contributed by atoms with E-state index in [0.717, 1.165) is 13.1 Å². The molecule has 19 heavy (non-hydrogen) atoms. The monoisotopic (exact) mass is 254 g/mol. The Labute approximate surface area is 113 Å². The molecule has 1 aromatic heterocycles. The number of aromatic nitrogens is 1. The van der Waals surface area contributed by atoms with Gasteiger partial charge >= 0.3 is 0 Å². The van der Waals surface area contributed by atoms with E-state index in [2.05, 4.69) is 40.3 Å². The van der Waals surface area contributed by atoms with Gasteiger partial charge < -0.3 is 16.1 Å². The number of piperazine rings is 1. The molecule has 1 saturated heterocycles. The van der Waals surface area contributed by atoms with Crippen molar-refractivity contribution in [2.75, 3.05) is 13.1 Å². The summed E-state index contributed by atoms with van der Waals surface area (Å²) in [4.78, 5) is 0. The van der Waals surface area contributed by atoms with Crippen molar-refractivity contribution >= 4 is 0 Å². The van der Waals surface area contributed by atoms with E-state index in [0.29, 0.717) is 6.04 Å². The van der Waals surface area contributed by atoms with Crippen LogP contribution in [-0.2, 0) is 0 Å². The molecule has 98 valence electrons. The van der Waals surface area contributed by atoms with Crippen LogP contribution in [0.15, 0.2) is 60.9 Å². The molecule has 0 radical (unpaired) electrons. The summed E-state index contributed by atoms with van der Waals surface area (Å²) in [5.74, 6) is 0. The van der Waals surface area contributed by atoms with Crippen LogP contribution >= 0.6 is 0 Å². The van der Waals surface area contributed by atoms with Gasteiger partial charge in [0, 0.05) is 24.7 Å². The number of nitrogens with zero attached hydrogens (tertiary/aromatic N) is 2. The largest absolute Gasteiger partial charge is 0.416 e. The Morgan fingerprint density at radius 1 is 0.895 bits per heavy atom. The Bertz CT molecular complexity index is 492. The summed E-state index contributed by atoms with van der Waals surface area (Å²) in [5, 5.41) is 7.00. The summed E-state index contributed by atoms with van der Waals surface area (Å²) >= 11 is 0. The van der Waals surface area contributed by atoms with Gasteiger partial charge in [0.2, 0.25) is 0 Å². The maximum absolute atomic E-state index is 4.59. The summed E-state index contributed by atoms with van der Waals surface area (Å²) in [5.41, 5.74) is 5.91. The average Bonchev–Trinajstić information content (AvgIpc) is 2.50. The van der Waals surface area contributed by atoms with Gasteiger partial charge in [-0.3, -0.25) is 0 Å². The standard InChI is InChI=1S/C15H18N4/c1-3-7-13(8-4-1)14-11-17-15(12-16-14)18-19-9-5-2-6-10-19/h1-10,14-17H,11-12H2. The van der Waals surface area contributed by atoms with Gasteiger partial charge in [-0.05, 0) is 18.3 Å². The van der Waals surface area contributed by atoms with Gasteiger partial charge in [0.05, 0.1) is 0 Å². The van der Waals surface area contributed by atoms with E-state index in [1.165, 1.54) is 5.56 Å². The summed E-state index contributed by atoms with van der Waals surface area (Å²) in [6.45, 7) is 1.73. The van der Waals surface area contributed by atoms with Crippen LogP contribution < -0.4 is 15.3 Å². The van der Waals surface area contributed by atoms with Crippen LogP contribution in [0.25, 0.3) is 5.43 Å². The van der Waals surface area contributed by atoms with Gasteiger partial charge in [0.25, 0.3) is 0 Å². The minimum atomic E-state index is 0.118. The smallest absolute Gasteiger partial charge is 0.164 e. The molecule has 0 spiro atoms. The Kier molecular flexibility index (Phi) is 3.72. The van der Waals surface area contributed by atoms with Crippen molar-refractivity contribution in [2.24, 2.45) is 0 Å². The fourth-order valence-corrected chi connectivity index (χ4v) is 2.28. The Hall–Kier alpha value is -1.91. The van der Waals surface area contributed by atoms with Crippen LogP contribution in [0.1, 0.15) is 11.6 Å². The van der Waals surface area contributed by atoms with E-state index in [4.69, 9.17) is 0 Å². The zero-order valence-corrected chi connectivity index (χ0v) is 10.7. The molecule has 2 aromatic rings.